The van der Waals surface area contributed by atoms with Crippen molar-refractivity contribution in [2.45, 2.75) is 118 Å². The van der Waals surface area contributed by atoms with E-state index in [9.17, 15) is 24.0 Å². The lowest BCUT2D eigenvalue weighted by Crippen LogP contribution is -2.59. The Labute approximate surface area is 321 Å². The topological polar surface area (TPSA) is 135 Å². The predicted molar refractivity (Wildman–Crippen MR) is 208 cm³/mol. The first-order chi connectivity index (χ1) is 25.2. The molecule has 0 radical (unpaired) electrons. The Morgan fingerprint density at radius 2 is 1.13 bits per heavy atom. The lowest BCUT2D eigenvalue weighted by Gasteiger charge is -2.39. The number of carbonyl (C=O) groups is 5. The second kappa shape index (κ2) is 18.7. The van der Waals surface area contributed by atoms with Crippen LogP contribution in [-0.2, 0) is 33.7 Å². The maximum absolute atomic E-state index is 14.4. The van der Waals surface area contributed by atoms with Gasteiger partial charge in [-0.3, -0.25) is 19.3 Å². The van der Waals surface area contributed by atoms with Gasteiger partial charge in [0.25, 0.3) is 0 Å². The molecule has 0 bridgehead atoms. The molecule has 0 saturated heterocycles. The van der Waals surface area contributed by atoms with E-state index in [4.69, 9.17) is 14.5 Å². The van der Waals surface area contributed by atoms with Crippen LogP contribution in [0.2, 0.25) is 0 Å². The second-order valence-corrected chi connectivity index (χ2v) is 16.6. The number of nitrogens with zero attached hydrogens (tertiary/aromatic N) is 3. The predicted octanol–water partition coefficient (Wildman–Crippen LogP) is 6.42. The van der Waals surface area contributed by atoms with Crippen molar-refractivity contribution >= 4 is 29.8 Å². The van der Waals surface area contributed by atoms with E-state index in [0.29, 0.717) is 12.8 Å². The summed E-state index contributed by atoms with van der Waals surface area (Å²) in [6, 6.07) is 12.2. The summed E-state index contributed by atoms with van der Waals surface area (Å²) >= 11 is 0. The minimum Gasteiger partial charge on any atom is -0.449 e. The van der Waals surface area contributed by atoms with Gasteiger partial charge in [-0.25, -0.2) is 9.59 Å². The summed E-state index contributed by atoms with van der Waals surface area (Å²) in [4.78, 5) is 83.0. The Kier molecular flexibility index (Phi) is 15.2. The standard InChI is InChI=1S/C42H62N4O8/c1-25(2)22-34(38(48)45(12)35(23-26(3)4)39(49)46(13)36(27(5)6)40(50)53-54-42(8,9)10)44(11)37(47)28(7)43-41(51)52-24-33-31-20-16-14-18-29(31)30-19-15-17-21-32(30)33/h14-21,25-28,33-36H,22-24H2,1-13H3,(H,43,51)/t28-,34+,35+,36+/m1/s1. The van der Waals surface area contributed by atoms with Gasteiger partial charge in [-0.05, 0) is 80.5 Å². The molecule has 0 saturated carbocycles. The van der Waals surface area contributed by atoms with Gasteiger partial charge in [0.05, 0.1) is 0 Å². The highest BCUT2D eigenvalue weighted by molar-refractivity contribution is 5.94. The van der Waals surface area contributed by atoms with Crippen LogP contribution < -0.4 is 5.32 Å². The van der Waals surface area contributed by atoms with Crippen LogP contribution in [0.25, 0.3) is 11.1 Å². The largest absolute Gasteiger partial charge is 0.449 e. The van der Waals surface area contributed by atoms with Gasteiger partial charge >= 0.3 is 12.1 Å². The SMILES string of the molecule is CC(C)C[C@@H](C(=O)N(C)[C@@H](CC(C)C)C(=O)N(C)[C@H](C(=O)OOC(C)(C)C)C(C)C)N(C)C(=O)[C@@H](C)NC(=O)OCC1c2ccccc2-c2ccccc21. The summed E-state index contributed by atoms with van der Waals surface area (Å²) in [6.45, 7) is 18.3. The minimum atomic E-state index is -1.01. The molecule has 3 rings (SSSR count). The van der Waals surface area contributed by atoms with Gasteiger partial charge in [0, 0.05) is 27.1 Å². The summed E-state index contributed by atoms with van der Waals surface area (Å²) in [7, 11) is 4.61. The molecule has 0 fully saturated rings. The average molecular weight is 751 g/mol. The van der Waals surface area contributed by atoms with Gasteiger partial charge in [-0.15, -0.1) is 0 Å². The third-order valence-electron chi connectivity index (χ3n) is 9.65. The molecule has 2 aromatic carbocycles. The van der Waals surface area contributed by atoms with Crippen LogP contribution in [0.15, 0.2) is 48.5 Å². The van der Waals surface area contributed by atoms with E-state index in [1.54, 1.807) is 48.6 Å². The van der Waals surface area contributed by atoms with Crippen molar-refractivity contribution < 1.29 is 38.5 Å². The molecule has 0 unspecified atom stereocenters. The number of benzene rings is 2. The molecule has 54 heavy (non-hydrogen) atoms. The van der Waals surface area contributed by atoms with Crippen LogP contribution >= 0.6 is 0 Å². The number of hydrogen-bond donors (Lipinski definition) is 1. The van der Waals surface area contributed by atoms with Gasteiger partial charge in [-0.1, -0.05) is 90.1 Å². The molecule has 1 aliphatic carbocycles. The van der Waals surface area contributed by atoms with E-state index >= 15 is 0 Å². The van der Waals surface area contributed by atoms with Crippen molar-refractivity contribution in [3.8, 4) is 11.1 Å². The zero-order chi connectivity index (χ0) is 40.7. The molecule has 12 nitrogen and oxygen atoms in total. The van der Waals surface area contributed by atoms with Crippen molar-refractivity contribution in [2.75, 3.05) is 27.7 Å². The van der Waals surface area contributed by atoms with Gasteiger partial charge in [0.1, 0.15) is 36.4 Å². The first-order valence-corrected chi connectivity index (χ1v) is 19.0. The number of nitrogens with one attached hydrogen (secondary N) is 1. The Morgan fingerprint density at radius 1 is 0.685 bits per heavy atom. The molecular formula is C42H62N4O8. The van der Waals surface area contributed by atoms with E-state index in [2.05, 4.69) is 17.4 Å². The fraction of sp³-hybridized carbons (Fsp3) is 0.595. The zero-order valence-corrected chi connectivity index (χ0v) is 34.5. The molecule has 298 valence electrons. The van der Waals surface area contributed by atoms with Crippen LogP contribution in [0.4, 0.5) is 4.79 Å². The molecule has 0 heterocycles. The Bertz CT molecular complexity index is 1590. The number of hydrogen-bond acceptors (Lipinski definition) is 8. The number of likely N-dealkylation sites (N-methyl/N-ethyl adjacent to an activating group) is 3. The second-order valence-electron chi connectivity index (χ2n) is 16.6. The smallest absolute Gasteiger partial charge is 0.407 e. The number of carbonyl (C=O) groups excluding carboxylic acids is 5. The summed E-state index contributed by atoms with van der Waals surface area (Å²) in [5.41, 5.74) is 3.61. The molecule has 12 heteroatoms. The molecular weight excluding hydrogens is 688 g/mol. The maximum atomic E-state index is 14.4. The summed E-state index contributed by atoms with van der Waals surface area (Å²) < 4.78 is 5.67. The molecule has 1 N–H and O–H groups in total. The minimum absolute atomic E-state index is 0.0119. The number of amides is 4. The van der Waals surface area contributed by atoms with Crippen molar-refractivity contribution in [1.82, 2.24) is 20.0 Å². The average Bonchev–Trinajstić information content (AvgIpc) is 3.42. The first kappa shape index (κ1) is 44.0. The number of fused-ring (bicyclic) bond motifs is 3. The van der Waals surface area contributed by atoms with Crippen molar-refractivity contribution in [2.24, 2.45) is 17.8 Å². The maximum Gasteiger partial charge on any atom is 0.407 e. The normalized spacial score (nSPS) is 14.8. The Morgan fingerprint density at radius 3 is 1.57 bits per heavy atom. The monoisotopic (exact) mass is 750 g/mol. The van der Waals surface area contributed by atoms with Crippen molar-refractivity contribution in [1.29, 1.82) is 0 Å². The molecule has 4 atom stereocenters. The highest BCUT2D eigenvalue weighted by Crippen LogP contribution is 2.44. The van der Waals surface area contributed by atoms with E-state index < -0.39 is 59.6 Å². The van der Waals surface area contributed by atoms with E-state index in [-0.39, 0.29) is 30.3 Å². The number of alkyl carbamates (subject to hydrolysis) is 1. The van der Waals surface area contributed by atoms with Gasteiger partial charge in [0.15, 0.2) is 0 Å². The van der Waals surface area contributed by atoms with E-state index in [1.807, 2.05) is 64.1 Å². The lowest BCUT2D eigenvalue weighted by atomic mass is 9.96. The fourth-order valence-corrected chi connectivity index (χ4v) is 6.93. The molecule has 1 aliphatic rings. The van der Waals surface area contributed by atoms with E-state index in [1.165, 1.54) is 28.8 Å². The van der Waals surface area contributed by atoms with Gasteiger partial charge in [-0.2, -0.15) is 4.89 Å². The van der Waals surface area contributed by atoms with Crippen LogP contribution in [0.3, 0.4) is 0 Å². The summed E-state index contributed by atoms with van der Waals surface area (Å²) in [5, 5.41) is 2.65. The molecule has 4 amide bonds. The Balaban J connectivity index is 1.75. The summed E-state index contributed by atoms with van der Waals surface area (Å²) in [5.74, 6) is -2.50. The summed E-state index contributed by atoms with van der Waals surface area (Å²) in [6.07, 6.45) is -0.117. The van der Waals surface area contributed by atoms with Crippen LogP contribution in [0.5, 0.6) is 0 Å². The fourth-order valence-electron chi connectivity index (χ4n) is 6.93. The highest BCUT2D eigenvalue weighted by atomic mass is 17.2. The first-order valence-electron chi connectivity index (χ1n) is 19.0. The van der Waals surface area contributed by atoms with Gasteiger partial charge in [0.2, 0.25) is 17.7 Å². The lowest BCUT2D eigenvalue weighted by molar-refractivity contribution is -0.323. The third kappa shape index (κ3) is 11.1. The quantitative estimate of drug-likeness (QED) is 0.154. The van der Waals surface area contributed by atoms with Gasteiger partial charge < -0.3 is 24.8 Å². The Hall–Kier alpha value is -4.45. The van der Waals surface area contributed by atoms with Crippen molar-refractivity contribution in [3.63, 3.8) is 0 Å². The van der Waals surface area contributed by atoms with E-state index in [0.717, 1.165) is 22.3 Å². The number of ether oxygens (including phenoxy) is 1. The third-order valence-corrected chi connectivity index (χ3v) is 9.65. The van der Waals surface area contributed by atoms with Crippen LogP contribution in [0, 0.1) is 17.8 Å². The zero-order valence-electron chi connectivity index (χ0n) is 34.5. The molecule has 0 aliphatic heterocycles. The van der Waals surface area contributed by atoms with Crippen molar-refractivity contribution in [3.05, 3.63) is 59.7 Å². The number of rotatable bonds is 16. The molecule has 2 aromatic rings. The highest BCUT2D eigenvalue weighted by Gasteiger charge is 2.41. The van der Waals surface area contributed by atoms with Crippen LogP contribution in [-0.4, -0.2) is 102 Å². The van der Waals surface area contributed by atoms with Crippen LogP contribution in [0.1, 0.15) is 99.1 Å². The molecule has 0 aromatic heterocycles. The molecule has 0 spiro atoms.